The van der Waals surface area contributed by atoms with Crippen molar-refractivity contribution in [2.45, 2.75) is 44.8 Å². The van der Waals surface area contributed by atoms with Gasteiger partial charge in [-0.05, 0) is 31.6 Å². The lowest BCUT2D eigenvalue weighted by Crippen LogP contribution is -2.42. The van der Waals surface area contributed by atoms with Crippen molar-refractivity contribution in [3.63, 3.8) is 0 Å². The van der Waals surface area contributed by atoms with Crippen molar-refractivity contribution >= 4 is 11.9 Å². The van der Waals surface area contributed by atoms with E-state index in [1.54, 1.807) is 0 Å². The first kappa shape index (κ1) is 12.4. The fourth-order valence-electron chi connectivity index (χ4n) is 2.65. The molecule has 1 saturated carbocycles. The minimum absolute atomic E-state index is 0.000000000000000222. The lowest BCUT2D eigenvalue weighted by atomic mass is 10.0. The second kappa shape index (κ2) is 5.04. The van der Waals surface area contributed by atoms with Gasteiger partial charge in [-0.1, -0.05) is 6.92 Å². The van der Waals surface area contributed by atoms with Crippen molar-refractivity contribution in [1.29, 1.82) is 0 Å². The van der Waals surface area contributed by atoms with E-state index in [-0.39, 0.29) is 29.9 Å². The summed E-state index contributed by atoms with van der Waals surface area (Å²) in [6, 6.07) is -0.000000000000000222. The van der Waals surface area contributed by atoms with Crippen LogP contribution in [0.4, 0.5) is 0 Å². The maximum absolute atomic E-state index is 11.9. The average Bonchev–Trinajstić information content (AvgIpc) is 2.86. The minimum atomic E-state index is -0.757. The van der Waals surface area contributed by atoms with Crippen LogP contribution in [-0.4, -0.2) is 35.7 Å². The predicted octanol–water partition coefficient (Wildman–Crippen LogP) is 0.781. The van der Waals surface area contributed by atoms with Gasteiger partial charge in [-0.3, -0.25) is 9.59 Å². The molecule has 0 aromatic heterocycles. The van der Waals surface area contributed by atoms with Crippen LogP contribution in [0.2, 0.25) is 0 Å². The van der Waals surface area contributed by atoms with Gasteiger partial charge in [0, 0.05) is 12.6 Å². The Hall–Kier alpha value is -1.10. The van der Waals surface area contributed by atoms with Gasteiger partial charge < -0.3 is 15.2 Å². The van der Waals surface area contributed by atoms with Gasteiger partial charge in [-0.2, -0.15) is 0 Å². The summed E-state index contributed by atoms with van der Waals surface area (Å²) < 4.78 is 5.38. The van der Waals surface area contributed by atoms with Gasteiger partial charge in [0.25, 0.3) is 0 Å². The zero-order valence-corrected chi connectivity index (χ0v) is 10.0. The van der Waals surface area contributed by atoms with Crippen LogP contribution in [0.25, 0.3) is 0 Å². The highest BCUT2D eigenvalue weighted by atomic mass is 16.5. The summed E-state index contributed by atoms with van der Waals surface area (Å²) in [5, 5.41) is 11.8. The number of hydrogen-bond donors (Lipinski definition) is 2. The number of carboxylic acid groups (broad SMARTS) is 1. The van der Waals surface area contributed by atoms with E-state index < -0.39 is 5.97 Å². The number of carboxylic acids is 1. The van der Waals surface area contributed by atoms with Crippen molar-refractivity contribution < 1.29 is 19.4 Å². The van der Waals surface area contributed by atoms with Crippen molar-refractivity contribution in [3.05, 3.63) is 0 Å². The third kappa shape index (κ3) is 2.77. The average molecular weight is 241 g/mol. The van der Waals surface area contributed by atoms with Gasteiger partial charge in [0.15, 0.2) is 0 Å². The zero-order chi connectivity index (χ0) is 12.4. The van der Waals surface area contributed by atoms with Gasteiger partial charge in [0.1, 0.15) is 6.10 Å². The van der Waals surface area contributed by atoms with E-state index >= 15 is 0 Å². The Kier molecular flexibility index (Phi) is 3.66. The maximum atomic E-state index is 11.9. The Morgan fingerprint density at radius 2 is 2.06 bits per heavy atom. The standard InChI is InChI=1S/C12H19NO4/c1-7-4-5-17-10(7)11(14)13-9-3-2-8(6-9)12(15)16/h7-10H,2-6H2,1H3,(H,13,14)(H,15,16). The largest absolute Gasteiger partial charge is 0.481 e. The molecule has 17 heavy (non-hydrogen) atoms. The van der Waals surface area contributed by atoms with Crippen molar-refractivity contribution in [2.24, 2.45) is 11.8 Å². The predicted molar refractivity (Wildman–Crippen MR) is 60.4 cm³/mol. The summed E-state index contributed by atoms with van der Waals surface area (Å²) in [6.07, 6.45) is 2.52. The SMILES string of the molecule is CC1CCOC1C(=O)NC1CCC(C(=O)O)C1. The Morgan fingerprint density at radius 3 is 2.59 bits per heavy atom. The molecule has 0 spiro atoms. The number of carbonyl (C=O) groups excluding carboxylic acids is 1. The summed E-state index contributed by atoms with van der Waals surface area (Å²) in [6.45, 7) is 2.65. The molecule has 1 heterocycles. The summed E-state index contributed by atoms with van der Waals surface area (Å²) in [5.41, 5.74) is 0. The van der Waals surface area contributed by atoms with Gasteiger partial charge in [0.05, 0.1) is 5.92 Å². The first-order valence-corrected chi connectivity index (χ1v) is 6.22. The molecule has 0 aromatic rings. The highest BCUT2D eigenvalue weighted by molar-refractivity contribution is 5.81. The van der Waals surface area contributed by atoms with Crippen LogP contribution in [-0.2, 0) is 14.3 Å². The number of amides is 1. The molecule has 2 fully saturated rings. The summed E-state index contributed by atoms with van der Waals surface area (Å²) in [4.78, 5) is 22.7. The van der Waals surface area contributed by atoms with Crippen molar-refractivity contribution in [3.8, 4) is 0 Å². The zero-order valence-electron chi connectivity index (χ0n) is 10.0. The second-order valence-electron chi connectivity index (χ2n) is 5.11. The fraction of sp³-hybridized carbons (Fsp3) is 0.833. The van der Waals surface area contributed by atoms with Crippen LogP contribution in [0.15, 0.2) is 0 Å². The lowest BCUT2D eigenvalue weighted by molar-refractivity contribution is -0.141. The molecular weight excluding hydrogens is 222 g/mol. The normalized spacial score (nSPS) is 37.0. The molecule has 4 atom stereocenters. The van der Waals surface area contributed by atoms with E-state index in [4.69, 9.17) is 9.84 Å². The van der Waals surface area contributed by atoms with E-state index in [0.717, 1.165) is 12.8 Å². The highest BCUT2D eigenvalue weighted by Gasteiger charge is 2.35. The molecule has 0 aromatic carbocycles. The molecule has 0 bridgehead atoms. The number of carbonyl (C=O) groups is 2. The van der Waals surface area contributed by atoms with Gasteiger partial charge >= 0.3 is 5.97 Å². The first-order valence-electron chi connectivity index (χ1n) is 6.22. The van der Waals surface area contributed by atoms with Gasteiger partial charge in [-0.15, -0.1) is 0 Å². The number of nitrogens with one attached hydrogen (secondary N) is 1. The molecule has 5 heteroatoms. The van der Waals surface area contributed by atoms with Crippen LogP contribution < -0.4 is 5.32 Å². The Labute approximate surface area is 101 Å². The van der Waals surface area contributed by atoms with Crippen LogP contribution in [0.5, 0.6) is 0 Å². The fourth-order valence-corrected chi connectivity index (χ4v) is 2.65. The van der Waals surface area contributed by atoms with Crippen LogP contribution in [0.3, 0.4) is 0 Å². The highest BCUT2D eigenvalue weighted by Crippen LogP contribution is 2.27. The summed E-state index contributed by atoms with van der Waals surface area (Å²) in [7, 11) is 0. The van der Waals surface area contributed by atoms with Gasteiger partial charge in [0.2, 0.25) is 5.91 Å². The van der Waals surface area contributed by atoms with Crippen LogP contribution >= 0.6 is 0 Å². The molecule has 4 unspecified atom stereocenters. The second-order valence-corrected chi connectivity index (χ2v) is 5.11. The molecule has 1 amide bonds. The summed E-state index contributed by atoms with van der Waals surface area (Å²) in [5.74, 6) is -0.882. The smallest absolute Gasteiger partial charge is 0.306 e. The molecule has 1 saturated heterocycles. The molecule has 96 valence electrons. The third-order valence-corrected chi connectivity index (χ3v) is 3.77. The van der Waals surface area contributed by atoms with Crippen molar-refractivity contribution in [1.82, 2.24) is 5.32 Å². The first-order chi connectivity index (χ1) is 8.08. The molecule has 2 rings (SSSR count). The number of rotatable bonds is 3. The third-order valence-electron chi connectivity index (χ3n) is 3.77. The number of ether oxygens (including phenoxy) is 1. The molecule has 0 radical (unpaired) electrons. The Bertz CT molecular complexity index is 318. The van der Waals surface area contributed by atoms with E-state index in [1.165, 1.54) is 0 Å². The molecule has 1 aliphatic carbocycles. The van der Waals surface area contributed by atoms with E-state index in [2.05, 4.69) is 5.32 Å². The molecule has 2 aliphatic rings. The molecule has 2 N–H and O–H groups in total. The number of hydrogen-bond acceptors (Lipinski definition) is 3. The van der Waals surface area contributed by atoms with Crippen molar-refractivity contribution in [2.75, 3.05) is 6.61 Å². The Balaban J connectivity index is 1.82. The molecule has 5 nitrogen and oxygen atoms in total. The van der Waals surface area contributed by atoms with Crippen LogP contribution in [0.1, 0.15) is 32.6 Å². The topological polar surface area (TPSA) is 75.6 Å². The molecular formula is C12H19NO4. The Morgan fingerprint density at radius 1 is 1.29 bits per heavy atom. The van der Waals surface area contributed by atoms with Gasteiger partial charge in [-0.25, -0.2) is 0 Å². The number of aliphatic carboxylic acids is 1. The molecule has 1 aliphatic heterocycles. The quantitative estimate of drug-likeness (QED) is 0.765. The van der Waals surface area contributed by atoms with E-state index in [0.29, 0.717) is 19.4 Å². The van der Waals surface area contributed by atoms with E-state index in [1.807, 2.05) is 6.92 Å². The minimum Gasteiger partial charge on any atom is -0.481 e. The summed E-state index contributed by atoms with van der Waals surface area (Å²) >= 11 is 0. The monoisotopic (exact) mass is 241 g/mol. The lowest BCUT2D eigenvalue weighted by Gasteiger charge is -2.18. The maximum Gasteiger partial charge on any atom is 0.306 e. The van der Waals surface area contributed by atoms with E-state index in [9.17, 15) is 9.59 Å². The van der Waals surface area contributed by atoms with Crippen LogP contribution in [0, 0.1) is 11.8 Å².